The van der Waals surface area contributed by atoms with Crippen LogP contribution in [0, 0.1) is 5.82 Å². The van der Waals surface area contributed by atoms with Crippen molar-refractivity contribution in [2.75, 3.05) is 6.61 Å². The molecule has 0 bridgehead atoms. The van der Waals surface area contributed by atoms with E-state index in [4.69, 9.17) is 4.74 Å². The van der Waals surface area contributed by atoms with Gasteiger partial charge in [0.25, 0.3) is 5.91 Å². The maximum atomic E-state index is 13.5. The van der Waals surface area contributed by atoms with Gasteiger partial charge in [0.1, 0.15) is 11.6 Å². The van der Waals surface area contributed by atoms with Gasteiger partial charge in [0, 0.05) is 6.54 Å². The Bertz CT molecular complexity index is 1000. The second-order valence-electron chi connectivity index (χ2n) is 5.66. The number of amides is 1. The Hall–Kier alpha value is -2.73. The van der Waals surface area contributed by atoms with Crippen molar-refractivity contribution in [2.24, 2.45) is 4.99 Å². The second kappa shape index (κ2) is 8.10. The SMILES string of the molecule is C=CCn1c(=NC(=O)Cc2ccc(OCC)cc2)sc2cc(F)ccc21. The van der Waals surface area contributed by atoms with Gasteiger partial charge in [0.05, 0.1) is 23.2 Å². The molecule has 0 radical (unpaired) electrons. The van der Waals surface area contributed by atoms with E-state index in [9.17, 15) is 9.18 Å². The maximum Gasteiger partial charge on any atom is 0.252 e. The largest absolute Gasteiger partial charge is 0.494 e. The molecule has 0 spiro atoms. The summed E-state index contributed by atoms with van der Waals surface area (Å²) in [5.41, 5.74) is 1.70. The third-order valence-electron chi connectivity index (χ3n) is 3.77. The fourth-order valence-corrected chi connectivity index (χ4v) is 3.71. The standard InChI is InChI=1S/C20H19FN2O2S/c1-3-11-23-17-10-7-15(21)13-18(17)26-20(23)22-19(24)12-14-5-8-16(9-6-14)25-4-2/h3,5-10,13H,1,4,11-12H2,2H3. The fourth-order valence-electron chi connectivity index (χ4n) is 2.63. The molecule has 134 valence electrons. The van der Waals surface area contributed by atoms with Gasteiger partial charge in [-0.05, 0) is 42.8 Å². The van der Waals surface area contributed by atoms with Crippen LogP contribution in [-0.2, 0) is 17.8 Å². The molecule has 26 heavy (non-hydrogen) atoms. The van der Waals surface area contributed by atoms with Gasteiger partial charge in [0.15, 0.2) is 4.80 Å². The van der Waals surface area contributed by atoms with Gasteiger partial charge in [-0.15, -0.1) is 6.58 Å². The first-order chi connectivity index (χ1) is 12.6. The fraction of sp³-hybridized carbons (Fsp3) is 0.200. The number of fused-ring (bicyclic) bond motifs is 1. The van der Waals surface area contributed by atoms with Gasteiger partial charge in [-0.3, -0.25) is 4.79 Å². The van der Waals surface area contributed by atoms with Crippen LogP contribution in [0.3, 0.4) is 0 Å². The zero-order valence-electron chi connectivity index (χ0n) is 14.4. The summed E-state index contributed by atoms with van der Waals surface area (Å²) in [4.78, 5) is 17.2. The van der Waals surface area contributed by atoms with E-state index in [2.05, 4.69) is 11.6 Å². The second-order valence-corrected chi connectivity index (χ2v) is 6.66. The van der Waals surface area contributed by atoms with Crippen LogP contribution in [0.5, 0.6) is 5.75 Å². The molecule has 1 heterocycles. The average molecular weight is 370 g/mol. The maximum absolute atomic E-state index is 13.5. The van der Waals surface area contributed by atoms with E-state index in [1.807, 2.05) is 35.8 Å². The van der Waals surface area contributed by atoms with Crippen LogP contribution in [0.4, 0.5) is 4.39 Å². The Labute approximate surface area is 154 Å². The van der Waals surface area contributed by atoms with Crippen molar-refractivity contribution < 1.29 is 13.9 Å². The number of rotatable bonds is 6. The number of ether oxygens (including phenoxy) is 1. The van der Waals surface area contributed by atoms with Gasteiger partial charge in [-0.1, -0.05) is 29.5 Å². The van der Waals surface area contributed by atoms with Crippen molar-refractivity contribution in [2.45, 2.75) is 19.9 Å². The topological polar surface area (TPSA) is 43.6 Å². The van der Waals surface area contributed by atoms with Gasteiger partial charge < -0.3 is 9.30 Å². The van der Waals surface area contributed by atoms with E-state index in [0.717, 1.165) is 21.5 Å². The molecule has 3 rings (SSSR count). The van der Waals surface area contributed by atoms with Gasteiger partial charge in [-0.2, -0.15) is 4.99 Å². The zero-order chi connectivity index (χ0) is 18.5. The molecule has 0 N–H and O–H groups in total. The molecule has 6 heteroatoms. The number of hydrogen-bond donors (Lipinski definition) is 0. The predicted molar refractivity (Wildman–Crippen MR) is 102 cm³/mol. The van der Waals surface area contributed by atoms with E-state index in [1.165, 1.54) is 23.5 Å². The molecule has 1 aromatic heterocycles. The van der Waals surface area contributed by atoms with Crippen LogP contribution in [0.15, 0.2) is 60.1 Å². The summed E-state index contributed by atoms with van der Waals surface area (Å²) >= 11 is 1.29. The molecule has 1 amide bonds. The molecule has 4 nitrogen and oxygen atoms in total. The van der Waals surface area contributed by atoms with Crippen molar-refractivity contribution in [3.8, 4) is 5.75 Å². The Morgan fingerprint density at radius 1 is 1.31 bits per heavy atom. The quantitative estimate of drug-likeness (QED) is 0.613. The Morgan fingerprint density at radius 2 is 2.08 bits per heavy atom. The number of carbonyl (C=O) groups is 1. The van der Waals surface area contributed by atoms with Crippen molar-refractivity contribution in [1.29, 1.82) is 0 Å². The lowest BCUT2D eigenvalue weighted by molar-refractivity contribution is -0.117. The highest BCUT2D eigenvalue weighted by Crippen LogP contribution is 2.19. The number of carbonyl (C=O) groups excluding carboxylic acids is 1. The van der Waals surface area contributed by atoms with Crippen LogP contribution in [0.25, 0.3) is 10.2 Å². The molecular formula is C20H19FN2O2S. The molecule has 0 aliphatic rings. The first-order valence-corrected chi connectivity index (χ1v) is 9.11. The number of thiazole rings is 1. The smallest absolute Gasteiger partial charge is 0.252 e. The summed E-state index contributed by atoms with van der Waals surface area (Å²) in [6.45, 7) is 6.77. The van der Waals surface area contributed by atoms with Crippen LogP contribution >= 0.6 is 11.3 Å². The molecule has 0 saturated carbocycles. The van der Waals surface area contributed by atoms with Gasteiger partial charge in [-0.25, -0.2) is 4.39 Å². The summed E-state index contributed by atoms with van der Waals surface area (Å²) in [6, 6.07) is 11.9. The van der Waals surface area contributed by atoms with E-state index >= 15 is 0 Å². The van der Waals surface area contributed by atoms with Crippen LogP contribution in [-0.4, -0.2) is 17.1 Å². The number of hydrogen-bond acceptors (Lipinski definition) is 3. The minimum atomic E-state index is -0.309. The molecule has 3 aromatic rings. The van der Waals surface area contributed by atoms with Crippen LogP contribution in [0.1, 0.15) is 12.5 Å². The molecule has 0 aliphatic carbocycles. The Kier molecular flexibility index (Phi) is 5.63. The lowest BCUT2D eigenvalue weighted by atomic mass is 10.1. The highest BCUT2D eigenvalue weighted by molar-refractivity contribution is 7.16. The lowest BCUT2D eigenvalue weighted by Gasteiger charge is -2.03. The van der Waals surface area contributed by atoms with E-state index in [1.54, 1.807) is 12.1 Å². The highest BCUT2D eigenvalue weighted by Gasteiger charge is 2.09. The zero-order valence-corrected chi connectivity index (χ0v) is 15.3. The Morgan fingerprint density at radius 3 is 2.77 bits per heavy atom. The van der Waals surface area contributed by atoms with Crippen molar-refractivity contribution in [3.63, 3.8) is 0 Å². The third kappa shape index (κ3) is 4.08. The molecule has 0 atom stereocenters. The van der Waals surface area contributed by atoms with E-state index in [0.29, 0.717) is 18.0 Å². The van der Waals surface area contributed by atoms with Crippen LogP contribution in [0.2, 0.25) is 0 Å². The summed E-state index contributed by atoms with van der Waals surface area (Å²) in [7, 11) is 0. The number of halogens is 1. The summed E-state index contributed by atoms with van der Waals surface area (Å²) in [5.74, 6) is 0.215. The summed E-state index contributed by atoms with van der Waals surface area (Å²) in [6.07, 6.45) is 1.93. The molecule has 0 aliphatic heterocycles. The first kappa shape index (κ1) is 18.1. The Balaban J connectivity index is 1.89. The monoisotopic (exact) mass is 370 g/mol. The van der Waals surface area contributed by atoms with Crippen molar-refractivity contribution in [1.82, 2.24) is 4.57 Å². The molecule has 0 saturated heterocycles. The van der Waals surface area contributed by atoms with Crippen molar-refractivity contribution in [3.05, 3.63) is 71.3 Å². The van der Waals surface area contributed by atoms with E-state index in [-0.39, 0.29) is 18.1 Å². The molecular weight excluding hydrogens is 351 g/mol. The van der Waals surface area contributed by atoms with Gasteiger partial charge in [0.2, 0.25) is 0 Å². The molecule has 0 unspecified atom stereocenters. The minimum Gasteiger partial charge on any atom is -0.494 e. The normalized spacial score (nSPS) is 11.7. The number of allylic oxidation sites excluding steroid dienone is 1. The highest BCUT2D eigenvalue weighted by atomic mass is 32.1. The van der Waals surface area contributed by atoms with Crippen molar-refractivity contribution >= 4 is 27.5 Å². The first-order valence-electron chi connectivity index (χ1n) is 8.29. The lowest BCUT2D eigenvalue weighted by Crippen LogP contribution is -2.16. The minimum absolute atomic E-state index is 0.198. The molecule has 0 fully saturated rings. The number of aromatic nitrogens is 1. The number of nitrogens with zero attached hydrogens (tertiary/aromatic N) is 2. The third-order valence-corrected chi connectivity index (χ3v) is 4.81. The molecule has 2 aromatic carbocycles. The average Bonchev–Trinajstić information content (AvgIpc) is 2.93. The summed E-state index contributed by atoms with van der Waals surface area (Å²) in [5, 5.41) is 0. The van der Waals surface area contributed by atoms with Gasteiger partial charge >= 0.3 is 0 Å². The number of benzene rings is 2. The summed E-state index contributed by atoms with van der Waals surface area (Å²) < 4.78 is 21.5. The predicted octanol–water partition coefficient (Wildman–Crippen LogP) is 4.10. The van der Waals surface area contributed by atoms with E-state index < -0.39 is 0 Å². The van der Waals surface area contributed by atoms with Crippen LogP contribution < -0.4 is 9.54 Å².